The number of halogens is 1. The molecule has 31 heavy (non-hydrogen) atoms. The van der Waals surface area contributed by atoms with Crippen molar-refractivity contribution >= 4 is 45.7 Å². The molecule has 1 amide bonds. The number of amides is 1. The lowest BCUT2D eigenvalue weighted by molar-refractivity contribution is -0.113. The molecule has 0 radical (unpaired) electrons. The molecule has 0 saturated heterocycles. The minimum Gasteiger partial charge on any atom is -0.383 e. The number of ether oxygens (including phenoxy) is 1. The number of rotatable bonds is 8. The number of nitrogens with zero attached hydrogens (tertiary/aromatic N) is 3. The smallest absolute Gasteiger partial charge is 0.234 e. The van der Waals surface area contributed by atoms with E-state index in [0.717, 1.165) is 22.0 Å². The van der Waals surface area contributed by atoms with Crippen LogP contribution in [0.2, 0.25) is 5.02 Å². The van der Waals surface area contributed by atoms with Crippen LogP contribution in [0.15, 0.2) is 71.9 Å². The normalized spacial score (nSPS) is 11.0. The molecule has 0 spiro atoms. The van der Waals surface area contributed by atoms with Crippen molar-refractivity contribution < 1.29 is 9.53 Å². The summed E-state index contributed by atoms with van der Waals surface area (Å²) in [5, 5.41) is 15.1. The maximum absolute atomic E-state index is 12.6. The molecule has 1 N–H and O–H groups in total. The average Bonchev–Trinajstić information content (AvgIpc) is 3.19. The molecule has 0 aliphatic carbocycles. The summed E-state index contributed by atoms with van der Waals surface area (Å²) in [5.41, 5.74) is 1.70. The Kier molecular flexibility index (Phi) is 6.86. The molecule has 1 aromatic heterocycles. The van der Waals surface area contributed by atoms with E-state index in [-0.39, 0.29) is 11.7 Å². The third-order valence-electron chi connectivity index (χ3n) is 4.73. The number of carbonyl (C=O) groups is 1. The highest BCUT2D eigenvalue weighted by molar-refractivity contribution is 7.99. The van der Waals surface area contributed by atoms with Gasteiger partial charge in [0.25, 0.3) is 0 Å². The lowest BCUT2D eigenvalue weighted by atomic mass is 10.1. The summed E-state index contributed by atoms with van der Waals surface area (Å²) in [4.78, 5) is 12.6. The van der Waals surface area contributed by atoms with Crippen molar-refractivity contribution in [1.29, 1.82) is 0 Å². The summed E-state index contributed by atoms with van der Waals surface area (Å²) in [6.45, 7) is 1.09. The third kappa shape index (κ3) is 5.07. The summed E-state index contributed by atoms with van der Waals surface area (Å²) in [6, 6.07) is 21.3. The van der Waals surface area contributed by atoms with Crippen molar-refractivity contribution in [2.45, 2.75) is 11.7 Å². The van der Waals surface area contributed by atoms with E-state index < -0.39 is 0 Å². The van der Waals surface area contributed by atoms with Crippen molar-refractivity contribution in [3.8, 4) is 11.4 Å². The van der Waals surface area contributed by atoms with Gasteiger partial charge in [0.1, 0.15) is 0 Å². The average molecular weight is 453 g/mol. The minimum absolute atomic E-state index is 0.101. The number of anilines is 1. The molecule has 0 aliphatic heterocycles. The predicted molar refractivity (Wildman–Crippen MR) is 126 cm³/mol. The second-order valence-electron chi connectivity index (χ2n) is 6.82. The molecule has 8 heteroatoms. The van der Waals surface area contributed by atoms with Crippen LogP contribution in [0.5, 0.6) is 0 Å². The summed E-state index contributed by atoms with van der Waals surface area (Å²) in [7, 11) is 1.65. The number of hydrogen-bond donors (Lipinski definition) is 1. The molecule has 3 aromatic carbocycles. The highest BCUT2D eigenvalue weighted by atomic mass is 35.5. The standard InChI is InChI=1S/C23H21ClN4O2S/c1-30-14-13-28-22(17-9-11-18(24)12-10-17)26-27-23(28)31-15-21(29)25-20-8-4-6-16-5-2-3-7-19(16)20/h2-12H,13-15H2,1H3,(H,25,29). The molecular formula is C23H21ClN4O2S. The van der Waals surface area contributed by atoms with Crippen LogP contribution in [0, 0.1) is 0 Å². The largest absolute Gasteiger partial charge is 0.383 e. The van der Waals surface area contributed by atoms with E-state index in [4.69, 9.17) is 16.3 Å². The molecule has 1 heterocycles. The zero-order chi connectivity index (χ0) is 21.6. The lowest BCUT2D eigenvalue weighted by Gasteiger charge is -2.11. The van der Waals surface area contributed by atoms with Crippen molar-refractivity contribution in [3.05, 3.63) is 71.8 Å². The summed E-state index contributed by atoms with van der Waals surface area (Å²) in [6.07, 6.45) is 0. The Labute approximate surface area is 189 Å². The predicted octanol–water partition coefficient (Wildman–Crippen LogP) is 5.13. The fraction of sp³-hybridized carbons (Fsp3) is 0.174. The van der Waals surface area contributed by atoms with Gasteiger partial charge in [-0.15, -0.1) is 10.2 Å². The van der Waals surface area contributed by atoms with E-state index in [2.05, 4.69) is 15.5 Å². The Morgan fingerprint density at radius 1 is 1.06 bits per heavy atom. The summed E-state index contributed by atoms with van der Waals surface area (Å²) < 4.78 is 7.20. The van der Waals surface area contributed by atoms with Crippen molar-refractivity contribution in [1.82, 2.24) is 14.8 Å². The summed E-state index contributed by atoms with van der Waals surface area (Å²) in [5.74, 6) is 0.830. The van der Waals surface area contributed by atoms with Crippen LogP contribution in [0.4, 0.5) is 5.69 Å². The first-order chi connectivity index (χ1) is 15.2. The van der Waals surface area contributed by atoms with Gasteiger partial charge >= 0.3 is 0 Å². The highest BCUT2D eigenvalue weighted by Crippen LogP contribution is 2.26. The molecule has 0 saturated carbocycles. The number of nitrogens with one attached hydrogen (secondary N) is 1. The monoisotopic (exact) mass is 452 g/mol. The van der Waals surface area contributed by atoms with Crippen LogP contribution in [0.3, 0.4) is 0 Å². The van der Waals surface area contributed by atoms with Gasteiger partial charge in [-0.25, -0.2) is 0 Å². The van der Waals surface area contributed by atoms with Crippen LogP contribution in [0.1, 0.15) is 0 Å². The molecule has 0 atom stereocenters. The molecule has 0 unspecified atom stereocenters. The number of hydrogen-bond acceptors (Lipinski definition) is 5. The van der Waals surface area contributed by atoms with Gasteiger partial charge in [-0.05, 0) is 35.7 Å². The van der Waals surface area contributed by atoms with Gasteiger partial charge < -0.3 is 10.1 Å². The Hall–Kier alpha value is -2.87. The number of thioether (sulfide) groups is 1. The first-order valence-electron chi connectivity index (χ1n) is 9.74. The second-order valence-corrected chi connectivity index (χ2v) is 8.20. The molecular weight excluding hydrogens is 432 g/mol. The first-order valence-corrected chi connectivity index (χ1v) is 11.1. The van der Waals surface area contributed by atoms with E-state index in [1.807, 2.05) is 71.3 Å². The molecule has 0 fully saturated rings. The van der Waals surface area contributed by atoms with Gasteiger partial charge in [-0.2, -0.15) is 0 Å². The Bertz CT molecular complexity index is 1190. The van der Waals surface area contributed by atoms with Gasteiger partial charge in [-0.1, -0.05) is 59.8 Å². The zero-order valence-electron chi connectivity index (χ0n) is 16.9. The van der Waals surface area contributed by atoms with Crippen LogP contribution < -0.4 is 5.32 Å². The summed E-state index contributed by atoms with van der Waals surface area (Å²) >= 11 is 7.35. The molecule has 6 nitrogen and oxygen atoms in total. The molecule has 4 rings (SSSR count). The number of aromatic nitrogens is 3. The number of benzene rings is 3. The van der Waals surface area contributed by atoms with Gasteiger partial charge in [0.05, 0.1) is 18.9 Å². The fourth-order valence-corrected chi connectivity index (χ4v) is 4.13. The Morgan fingerprint density at radius 2 is 1.84 bits per heavy atom. The molecule has 0 aliphatic rings. The zero-order valence-corrected chi connectivity index (χ0v) is 18.5. The van der Waals surface area contributed by atoms with Gasteiger partial charge in [-0.3, -0.25) is 9.36 Å². The lowest BCUT2D eigenvalue weighted by Crippen LogP contribution is -2.15. The van der Waals surface area contributed by atoms with Crippen molar-refractivity contribution in [2.75, 3.05) is 24.8 Å². The van der Waals surface area contributed by atoms with E-state index in [1.54, 1.807) is 7.11 Å². The SMILES string of the molecule is COCCn1c(SCC(=O)Nc2cccc3ccccc23)nnc1-c1ccc(Cl)cc1. The van der Waals surface area contributed by atoms with Crippen LogP contribution in [-0.2, 0) is 16.1 Å². The van der Waals surface area contributed by atoms with E-state index in [0.29, 0.717) is 29.2 Å². The number of methoxy groups -OCH3 is 1. The van der Waals surface area contributed by atoms with Gasteiger partial charge in [0.2, 0.25) is 5.91 Å². The minimum atomic E-state index is -0.101. The number of carbonyl (C=O) groups excluding carboxylic acids is 1. The maximum Gasteiger partial charge on any atom is 0.234 e. The molecule has 4 aromatic rings. The van der Waals surface area contributed by atoms with Crippen LogP contribution in [-0.4, -0.2) is 40.1 Å². The van der Waals surface area contributed by atoms with Crippen molar-refractivity contribution in [3.63, 3.8) is 0 Å². The van der Waals surface area contributed by atoms with Crippen LogP contribution >= 0.6 is 23.4 Å². The maximum atomic E-state index is 12.6. The molecule has 158 valence electrons. The van der Waals surface area contributed by atoms with Gasteiger partial charge in [0.15, 0.2) is 11.0 Å². The van der Waals surface area contributed by atoms with Gasteiger partial charge in [0, 0.05) is 28.8 Å². The Morgan fingerprint density at radius 3 is 2.65 bits per heavy atom. The van der Waals surface area contributed by atoms with E-state index in [9.17, 15) is 4.79 Å². The van der Waals surface area contributed by atoms with Crippen molar-refractivity contribution in [2.24, 2.45) is 0 Å². The first kappa shape index (κ1) is 21.4. The molecule has 0 bridgehead atoms. The topological polar surface area (TPSA) is 69.0 Å². The quantitative estimate of drug-likeness (QED) is 0.375. The third-order valence-corrected chi connectivity index (χ3v) is 5.95. The van der Waals surface area contributed by atoms with Crippen LogP contribution in [0.25, 0.3) is 22.2 Å². The van der Waals surface area contributed by atoms with E-state index >= 15 is 0 Å². The fourth-order valence-electron chi connectivity index (χ4n) is 3.24. The Balaban J connectivity index is 1.49. The van der Waals surface area contributed by atoms with E-state index in [1.165, 1.54) is 11.8 Å². The second kappa shape index (κ2) is 9.96. The number of fused-ring (bicyclic) bond motifs is 1. The highest BCUT2D eigenvalue weighted by Gasteiger charge is 2.16.